The molecule has 17 heavy (non-hydrogen) atoms. The molecule has 1 fully saturated rings. The summed E-state index contributed by atoms with van der Waals surface area (Å²) in [7, 11) is 0. The predicted octanol–water partition coefficient (Wildman–Crippen LogP) is 1.89. The fourth-order valence-corrected chi connectivity index (χ4v) is 2.89. The smallest absolute Gasteiger partial charge is 0.248 e. The highest BCUT2D eigenvalue weighted by atomic mass is 32.1. The van der Waals surface area contributed by atoms with Crippen LogP contribution < -0.4 is 0 Å². The topological polar surface area (TPSA) is 42.4 Å². The van der Waals surface area contributed by atoms with Crippen molar-refractivity contribution in [2.45, 2.75) is 25.7 Å². The fourth-order valence-electron chi connectivity index (χ4n) is 2.12. The number of piperidine rings is 1. The van der Waals surface area contributed by atoms with Crippen molar-refractivity contribution >= 4 is 17.2 Å². The van der Waals surface area contributed by atoms with Gasteiger partial charge in [0.2, 0.25) is 5.91 Å². The normalized spacial score (nSPS) is 20.5. The van der Waals surface area contributed by atoms with Crippen LogP contribution in [0.4, 0.5) is 0 Å². The molecule has 0 spiro atoms. The van der Waals surface area contributed by atoms with Crippen LogP contribution in [0, 0.1) is 0 Å². The molecule has 1 atom stereocenters. The Balaban J connectivity index is 1.90. The van der Waals surface area contributed by atoms with Gasteiger partial charge in [0, 0.05) is 37.2 Å². The van der Waals surface area contributed by atoms with Crippen molar-refractivity contribution in [2.24, 2.45) is 0 Å². The maximum Gasteiger partial charge on any atom is 0.248 e. The van der Waals surface area contributed by atoms with E-state index < -0.39 is 0 Å². The number of amides is 1. The van der Waals surface area contributed by atoms with Gasteiger partial charge in [-0.3, -0.25) is 4.79 Å². The lowest BCUT2D eigenvalue weighted by Gasteiger charge is -2.31. The first-order valence-corrected chi connectivity index (χ1v) is 6.94. The summed E-state index contributed by atoms with van der Waals surface area (Å²) < 4.78 is 5.17. The second kappa shape index (κ2) is 6.12. The van der Waals surface area contributed by atoms with Gasteiger partial charge < -0.3 is 9.64 Å². The van der Waals surface area contributed by atoms with Crippen LogP contribution in [0.1, 0.15) is 30.7 Å². The van der Waals surface area contributed by atoms with E-state index in [9.17, 15) is 4.79 Å². The molecule has 1 aromatic heterocycles. The number of hydrogen-bond donors (Lipinski definition) is 0. The average molecular weight is 254 g/mol. The van der Waals surface area contributed by atoms with Gasteiger partial charge in [-0.25, -0.2) is 4.98 Å². The molecule has 0 saturated carbocycles. The summed E-state index contributed by atoms with van der Waals surface area (Å²) in [5.41, 5.74) is 0. The van der Waals surface area contributed by atoms with Crippen molar-refractivity contribution in [2.75, 3.05) is 26.3 Å². The first-order chi connectivity index (χ1) is 8.31. The molecular weight excluding hydrogens is 236 g/mol. The zero-order valence-electron chi connectivity index (χ0n) is 10.1. The zero-order valence-corrected chi connectivity index (χ0v) is 10.9. The van der Waals surface area contributed by atoms with Gasteiger partial charge in [0.1, 0.15) is 6.61 Å². The van der Waals surface area contributed by atoms with Gasteiger partial charge in [-0.15, -0.1) is 11.3 Å². The number of hydrogen-bond acceptors (Lipinski definition) is 4. The molecule has 0 unspecified atom stereocenters. The van der Waals surface area contributed by atoms with Crippen molar-refractivity contribution in [3.8, 4) is 0 Å². The molecule has 1 aliphatic heterocycles. The molecule has 0 aliphatic carbocycles. The monoisotopic (exact) mass is 254 g/mol. The van der Waals surface area contributed by atoms with Gasteiger partial charge in [-0.2, -0.15) is 0 Å². The minimum Gasteiger partial charge on any atom is -0.372 e. The molecule has 0 radical (unpaired) electrons. The number of carbonyl (C=O) groups is 1. The number of aromatic nitrogens is 1. The quantitative estimate of drug-likeness (QED) is 0.824. The molecule has 0 N–H and O–H groups in total. The first-order valence-electron chi connectivity index (χ1n) is 6.06. The van der Waals surface area contributed by atoms with E-state index in [1.54, 1.807) is 11.3 Å². The molecular formula is C12H18N2O2S. The minimum absolute atomic E-state index is 0.105. The van der Waals surface area contributed by atoms with Crippen LogP contribution >= 0.6 is 11.3 Å². The highest BCUT2D eigenvalue weighted by molar-refractivity contribution is 7.09. The number of ether oxygens (including phenoxy) is 1. The Morgan fingerprint density at radius 1 is 1.71 bits per heavy atom. The van der Waals surface area contributed by atoms with Crippen LogP contribution in [0.15, 0.2) is 11.6 Å². The third-order valence-electron chi connectivity index (χ3n) is 3.00. The van der Waals surface area contributed by atoms with Crippen LogP contribution in [0.2, 0.25) is 0 Å². The van der Waals surface area contributed by atoms with Crippen molar-refractivity contribution in [1.82, 2.24) is 9.88 Å². The fraction of sp³-hybridized carbons (Fsp3) is 0.667. The molecule has 4 nitrogen and oxygen atoms in total. The lowest BCUT2D eigenvalue weighted by molar-refractivity contribution is -0.137. The van der Waals surface area contributed by atoms with E-state index in [4.69, 9.17) is 4.74 Å². The minimum atomic E-state index is 0.105. The summed E-state index contributed by atoms with van der Waals surface area (Å²) >= 11 is 1.68. The standard InChI is InChI=1S/C12H18N2O2S/c1-2-16-9-11(15)14-6-3-4-10(8-14)12-13-5-7-17-12/h5,7,10H,2-4,6,8-9H2,1H3/t10-/m0/s1. The zero-order chi connectivity index (χ0) is 12.1. The van der Waals surface area contributed by atoms with Crippen molar-refractivity contribution in [3.05, 3.63) is 16.6 Å². The van der Waals surface area contributed by atoms with Gasteiger partial charge >= 0.3 is 0 Å². The largest absolute Gasteiger partial charge is 0.372 e. The number of carbonyl (C=O) groups excluding carboxylic acids is 1. The van der Waals surface area contributed by atoms with Gasteiger partial charge in [-0.1, -0.05) is 0 Å². The Labute approximate surface area is 106 Å². The molecule has 5 heteroatoms. The Bertz CT molecular complexity index is 353. The van der Waals surface area contributed by atoms with Crippen LogP contribution in [0.25, 0.3) is 0 Å². The molecule has 0 aromatic carbocycles. The van der Waals surface area contributed by atoms with Gasteiger partial charge in [0.05, 0.1) is 5.01 Å². The highest BCUT2D eigenvalue weighted by Gasteiger charge is 2.25. The van der Waals surface area contributed by atoms with E-state index >= 15 is 0 Å². The van der Waals surface area contributed by atoms with E-state index in [1.807, 2.05) is 23.4 Å². The summed E-state index contributed by atoms with van der Waals surface area (Å²) in [6, 6.07) is 0. The SMILES string of the molecule is CCOCC(=O)N1CCC[C@H](c2nccs2)C1. The number of likely N-dealkylation sites (tertiary alicyclic amines) is 1. The molecule has 1 aromatic rings. The molecule has 1 amide bonds. The van der Waals surface area contributed by atoms with Crippen LogP contribution in [0.5, 0.6) is 0 Å². The average Bonchev–Trinajstić information content (AvgIpc) is 2.90. The first kappa shape index (κ1) is 12.5. The summed E-state index contributed by atoms with van der Waals surface area (Å²) in [5, 5.41) is 3.15. The Kier molecular flexibility index (Phi) is 4.50. The summed E-state index contributed by atoms with van der Waals surface area (Å²) in [5.74, 6) is 0.516. The van der Waals surface area contributed by atoms with E-state index in [1.165, 1.54) is 0 Å². The van der Waals surface area contributed by atoms with Gasteiger partial charge in [0.15, 0.2) is 0 Å². The highest BCUT2D eigenvalue weighted by Crippen LogP contribution is 2.28. The van der Waals surface area contributed by atoms with Crippen LogP contribution in [-0.4, -0.2) is 42.1 Å². The molecule has 0 bridgehead atoms. The van der Waals surface area contributed by atoms with Crippen molar-refractivity contribution in [3.63, 3.8) is 0 Å². The molecule has 94 valence electrons. The van der Waals surface area contributed by atoms with Crippen LogP contribution in [0.3, 0.4) is 0 Å². The Morgan fingerprint density at radius 2 is 2.59 bits per heavy atom. The summed E-state index contributed by atoms with van der Waals surface area (Å²) in [6.07, 6.45) is 4.02. The molecule has 1 saturated heterocycles. The lowest BCUT2D eigenvalue weighted by atomic mass is 9.99. The van der Waals surface area contributed by atoms with Gasteiger partial charge in [-0.05, 0) is 19.8 Å². The number of rotatable bonds is 4. The third kappa shape index (κ3) is 3.26. The molecule has 1 aliphatic rings. The van der Waals surface area contributed by atoms with E-state index in [-0.39, 0.29) is 12.5 Å². The molecule has 2 rings (SSSR count). The van der Waals surface area contributed by atoms with Crippen LogP contribution in [-0.2, 0) is 9.53 Å². The summed E-state index contributed by atoms with van der Waals surface area (Å²) in [4.78, 5) is 18.1. The third-order valence-corrected chi connectivity index (χ3v) is 3.94. The number of nitrogens with zero attached hydrogens (tertiary/aromatic N) is 2. The van der Waals surface area contributed by atoms with E-state index in [0.29, 0.717) is 12.5 Å². The summed E-state index contributed by atoms with van der Waals surface area (Å²) in [6.45, 7) is 4.35. The maximum absolute atomic E-state index is 11.9. The van der Waals surface area contributed by atoms with Crippen molar-refractivity contribution in [1.29, 1.82) is 0 Å². The van der Waals surface area contributed by atoms with Crippen molar-refractivity contribution < 1.29 is 9.53 Å². The Hall–Kier alpha value is -0.940. The second-order valence-electron chi connectivity index (χ2n) is 4.19. The maximum atomic E-state index is 11.9. The van der Waals surface area contributed by atoms with E-state index in [2.05, 4.69) is 4.98 Å². The molecule has 2 heterocycles. The second-order valence-corrected chi connectivity index (χ2v) is 5.11. The predicted molar refractivity (Wildman–Crippen MR) is 67.2 cm³/mol. The van der Waals surface area contributed by atoms with Gasteiger partial charge in [0.25, 0.3) is 0 Å². The Morgan fingerprint density at radius 3 is 3.29 bits per heavy atom. The number of thiazole rings is 1. The van der Waals surface area contributed by atoms with E-state index in [0.717, 1.165) is 30.9 Å². The lowest BCUT2D eigenvalue weighted by Crippen LogP contribution is -2.41.